The van der Waals surface area contributed by atoms with Crippen molar-refractivity contribution in [1.29, 1.82) is 0 Å². The lowest BCUT2D eigenvalue weighted by Crippen LogP contribution is -2.53. The first-order chi connectivity index (χ1) is 18.3. The zero-order valence-electron chi connectivity index (χ0n) is 21.8. The van der Waals surface area contributed by atoms with Gasteiger partial charge in [-0.3, -0.25) is 19.7 Å². The molecule has 1 aliphatic rings. The van der Waals surface area contributed by atoms with E-state index < -0.39 is 35.5 Å². The van der Waals surface area contributed by atoms with Gasteiger partial charge in [-0.05, 0) is 61.9 Å². The molecule has 2 aromatic carbocycles. The molecule has 38 heavy (non-hydrogen) atoms. The fraction of sp³-hybridized carbons (Fsp3) is 0.464. The SMILES string of the molecule is CCC[C@@H]1NC(=O)CNC(=O)[C@@H](Cc2cccc(F)c2)N[C@@H](C)COc2c(F)cccc2CCCNC1=O. The first-order valence-corrected chi connectivity index (χ1v) is 13.0. The van der Waals surface area contributed by atoms with E-state index in [1.54, 1.807) is 31.2 Å². The maximum Gasteiger partial charge on any atom is 0.242 e. The molecule has 4 N–H and O–H groups in total. The molecule has 0 radical (unpaired) electrons. The molecule has 0 bridgehead atoms. The number of halogens is 2. The summed E-state index contributed by atoms with van der Waals surface area (Å²) >= 11 is 0. The summed E-state index contributed by atoms with van der Waals surface area (Å²) in [5.41, 5.74) is 1.26. The van der Waals surface area contributed by atoms with Crippen LogP contribution in [0.1, 0.15) is 44.2 Å². The molecular weight excluding hydrogens is 494 g/mol. The molecule has 0 fully saturated rings. The first-order valence-electron chi connectivity index (χ1n) is 13.0. The van der Waals surface area contributed by atoms with E-state index >= 15 is 0 Å². The Balaban J connectivity index is 1.83. The fourth-order valence-corrected chi connectivity index (χ4v) is 4.35. The van der Waals surface area contributed by atoms with Gasteiger partial charge < -0.3 is 20.7 Å². The largest absolute Gasteiger partial charge is 0.489 e. The van der Waals surface area contributed by atoms with Gasteiger partial charge in [0.05, 0.1) is 12.6 Å². The minimum atomic E-state index is -0.822. The van der Waals surface area contributed by atoms with E-state index in [9.17, 15) is 23.2 Å². The van der Waals surface area contributed by atoms with E-state index in [0.29, 0.717) is 43.4 Å². The lowest BCUT2D eigenvalue weighted by atomic mass is 10.0. The van der Waals surface area contributed by atoms with E-state index in [2.05, 4.69) is 21.3 Å². The van der Waals surface area contributed by atoms with Crippen LogP contribution in [0.2, 0.25) is 0 Å². The maximum absolute atomic E-state index is 14.6. The summed E-state index contributed by atoms with van der Waals surface area (Å²) in [7, 11) is 0. The van der Waals surface area contributed by atoms with Gasteiger partial charge in [-0.2, -0.15) is 0 Å². The van der Waals surface area contributed by atoms with Crippen molar-refractivity contribution in [2.75, 3.05) is 19.7 Å². The summed E-state index contributed by atoms with van der Waals surface area (Å²) in [5, 5.41) is 11.3. The van der Waals surface area contributed by atoms with Crippen LogP contribution in [-0.4, -0.2) is 55.5 Å². The highest BCUT2D eigenvalue weighted by atomic mass is 19.1. The van der Waals surface area contributed by atoms with Gasteiger partial charge in [0, 0.05) is 12.6 Å². The van der Waals surface area contributed by atoms with Crippen molar-refractivity contribution < 1.29 is 27.9 Å². The average Bonchev–Trinajstić information content (AvgIpc) is 2.88. The molecule has 3 atom stereocenters. The second-order valence-electron chi connectivity index (χ2n) is 9.51. The number of hydrogen-bond donors (Lipinski definition) is 4. The predicted octanol–water partition coefficient (Wildman–Crippen LogP) is 2.40. The third kappa shape index (κ3) is 8.79. The van der Waals surface area contributed by atoms with Crippen LogP contribution in [0, 0.1) is 11.6 Å². The smallest absolute Gasteiger partial charge is 0.242 e. The zero-order chi connectivity index (χ0) is 27.5. The second kappa shape index (κ2) is 14.4. The van der Waals surface area contributed by atoms with Crippen LogP contribution in [0.5, 0.6) is 5.75 Å². The molecular formula is C28H36F2N4O4. The quantitative estimate of drug-likeness (QED) is 0.486. The Labute approximate surface area is 221 Å². The van der Waals surface area contributed by atoms with Crippen molar-refractivity contribution in [3.63, 3.8) is 0 Å². The van der Waals surface area contributed by atoms with Crippen molar-refractivity contribution >= 4 is 17.7 Å². The molecule has 3 rings (SSSR count). The maximum atomic E-state index is 14.6. The molecule has 2 aromatic rings. The van der Waals surface area contributed by atoms with Gasteiger partial charge in [-0.25, -0.2) is 8.78 Å². The third-order valence-corrected chi connectivity index (χ3v) is 6.23. The second-order valence-corrected chi connectivity index (χ2v) is 9.51. The number of rotatable bonds is 4. The van der Waals surface area contributed by atoms with Crippen molar-refractivity contribution in [3.05, 3.63) is 65.2 Å². The van der Waals surface area contributed by atoms with Gasteiger partial charge in [0.25, 0.3) is 0 Å². The molecule has 0 saturated heterocycles. The Kier molecular flexibility index (Phi) is 11.0. The first kappa shape index (κ1) is 29.0. The summed E-state index contributed by atoms with van der Waals surface area (Å²) in [4.78, 5) is 38.3. The monoisotopic (exact) mass is 530 g/mol. The van der Waals surface area contributed by atoms with Gasteiger partial charge >= 0.3 is 0 Å². The Hall–Kier alpha value is -3.53. The number of aryl methyl sites for hydroxylation is 1. The molecule has 0 spiro atoms. The molecule has 1 heterocycles. The Morgan fingerprint density at radius 1 is 1.00 bits per heavy atom. The number of amides is 3. The summed E-state index contributed by atoms with van der Waals surface area (Å²) in [6.45, 7) is 3.79. The highest BCUT2D eigenvalue weighted by molar-refractivity contribution is 5.91. The Morgan fingerprint density at radius 2 is 1.76 bits per heavy atom. The topological polar surface area (TPSA) is 109 Å². The lowest BCUT2D eigenvalue weighted by molar-refractivity contribution is -0.130. The van der Waals surface area contributed by atoms with Crippen molar-refractivity contribution in [3.8, 4) is 5.75 Å². The molecule has 0 saturated carbocycles. The lowest BCUT2D eigenvalue weighted by Gasteiger charge is -2.24. The average molecular weight is 531 g/mol. The molecule has 206 valence electrons. The molecule has 0 unspecified atom stereocenters. The predicted molar refractivity (Wildman–Crippen MR) is 140 cm³/mol. The fourth-order valence-electron chi connectivity index (χ4n) is 4.35. The number of carbonyl (C=O) groups is 3. The van der Waals surface area contributed by atoms with Crippen LogP contribution in [0.25, 0.3) is 0 Å². The number of fused-ring (bicyclic) bond motifs is 1. The van der Waals surface area contributed by atoms with Gasteiger partial charge in [-0.15, -0.1) is 0 Å². The minimum Gasteiger partial charge on any atom is -0.489 e. The molecule has 8 nitrogen and oxygen atoms in total. The standard InChI is InChI=1S/C28H36F2N4O4/c1-3-7-23-27(36)31-13-6-10-20-9-5-12-22(30)26(20)38-17-18(2)33-24(28(37)32-16-25(35)34-23)15-19-8-4-11-21(29)14-19/h4-5,8-9,11-12,14,18,23-24,33H,3,6-7,10,13,15-17H2,1-2H3,(H,31,36)(H,32,37)(H,34,35)/t18-,23-,24+/m0/s1. The van der Waals surface area contributed by atoms with Crippen molar-refractivity contribution in [1.82, 2.24) is 21.3 Å². The number of hydrogen-bond acceptors (Lipinski definition) is 5. The van der Waals surface area contributed by atoms with Crippen LogP contribution in [0.3, 0.4) is 0 Å². The summed E-state index contributed by atoms with van der Waals surface area (Å²) in [6.07, 6.45) is 2.30. The summed E-state index contributed by atoms with van der Waals surface area (Å²) < 4.78 is 34.2. The van der Waals surface area contributed by atoms with E-state index in [0.717, 1.165) is 0 Å². The number of benzene rings is 2. The molecule has 0 aromatic heterocycles. The highest BCUT2D eigenvalue weighted by Gasteiger charge is 2.24. The zero-order valence-corrected chi connectivity index (χ0v) is 21.8. The van der Waals surface area contributed by atoms with Gasteiger partial charge in [0.1, 0.15) is 18.5 Å². The molecule has 10 heteroatoms. The van der Waals surface area contributed by atoms with Gasteiger partial charge in [0.15, 0.2) is 11.6 Å². The van der Waals surface area contributed by atoms with E-state index in [1.165, 1.54) is 18.2 Å². The summed E-state index contributed by atoms with van der Waals surface area (Å²) in [6, 6.07) is 8.68. The number of ether oxygens (including phenoxy) is 1. The van der Waals surface area contributed by atoms with Gasteiger partial charge in [-0.1, -0.05) is 37.6 Å². The van der Waals surface area contributed by atoms with Crippen LogP contribution >= 0.6 is 0 Å². The highest BCUT2D eigenvalue weighted by Crippen LogP contribution is 2.24. The van der Waals surface area contributed by atoms with Crippen LogP contribution in [-0.2, 0) is 27.2 Å². The van der Waals surface area contributed by atoms with Crippen molar-refractivity contribution in [2.24, 2.45) is 0 Å². The Bertz CT molecular complexity index is 1110. The minimum absolute atomic E-state index is 0.0663. The molecule has 1 aliphatic heterocycles. The van der Waals surface area contributed by atoms with E-state index in [4.69, 9.17) is 4.74 Å². The number of nitrogens with one attached hydrogen (secondary N) is 4. The van der Waals surface area contributed by atoms with Crippen LogP contribution < -0.4 is 26.0 Å². The van der Waals surface area contributed by atoms with Crippen LogP contribution in [0.15, 0.2) is 42.5 Å². The third-order valence-electron chi connectivity index (χ3n) is 6.23. The number of carbonyl (C=O) groups excluding carboxylic acids is 3. The molecule has 0 aliphatic carbocycles. The number of para-hydroxylation sites is 1. The van der Waals surface area contributed by atoms with Crippen molar-refractivity contribution in [2.45, 2.75) is 64.1 Å². The van der Waals surface area contributed by atoms with Gasteiger partial charge in [0.2, 0.25) is 17.7 Å². The normalized spacial score (nSPS) is 22.1. The van der Waals surface area contributed by atoms with E-state index in [1.807, 2.05) is 6.92 Å². The molecule has 3 amide bonds. The van der Waals surface area contributed by atoms with Crippen LogP contribution in [0.4, 0.5) is 8.78 Å². The summed E-state index contributed by atoms with van der Waals surface area (Å²) in [5.74, 6) is -2.06. The van der Waals surface area contributed by atoms with E-state index in [-0.39, 0.29) is 37.3 Å². The Morgan fingerprint density at radius 3 is 2.53 bits per heavy atom.